The molecule has 9 heteroatoms. The third-order valence-corrected chi connectivity index (χ3v) is 8.04. The topological polar surface area (TPSA) is 117 Å². The van der Waals surface area contributed by atoms with Crippen LogP contribution in [-0.4, -0.2) is 71.8 Å². The van der Waals surface area contributed by atoms with E-state index in [9.17, 15) is 19.8 Å². The summed E-state index contributed by atoms with van der Waals surface area (Å²) >= 11 is 1.60. The van der Waals surface area contributed by atoms with Gasteiger partial charge in [-0.15, -0.1) is 0 Å². The lowest BCUT2D eigenvalue weighted by atomic mass is 9.93. The van der Waals surface area contributed by atoms with E-state index in [0.29, 0.717) is 30.7 Å². The molecule has 1 aliphatic heterocycles. The Bertz CT molecular complexity index is 1100. The van der Waals surface area contributed by atoms with Crippen molar-refractivity contribution in [2.45, 2.75) is 89.5 Å². The van der Waals surface area contributed by atoms with Crippen LogP contribution >= 0.6 is 11.8 Å². The van der Waals surface area contributed by atoms with Gasteiger partial charge in [0.25, 0.3) is 5.91 Å². The number of methoxy groups -OCH3 is 1. The average molecular weight is 573 g/mol. The molecule has 0 spiro atoms. The zero-order valence-electron chi connectivity index (χ0n) is 24.0. The van der Waals surface area contributed by atoms with Crippen LogP contribution in [-0.2, 0) is 20.8 Å². The number of hydrogen-bond acceptors (Lipinski definition) is 8. The first-order chi connectivity index (χ1) is 19.3. The van der Waals surface area contributed by atoms with E-state index in [1.807, 2.05) is 49.6 Å². The summed E-state index contributed by atoms with van der Waals surface area (Å²) in [6, 6.07) is 12.0. The lowest BCUT2D eigenvalue weighted by Crippen LogP contribution is -2.55. The van der Waals surface area contributed by atoms with Crippen LogP contribution in [0.4, 0.5) is 0 Å². The molecule has 0 bridgehead atoms. The number of hydrogen-bond donors (Lipinski definition) is 4. The van der Waals surface area contributed by atoms with Crippen LogP contribution in [0.1, 0.15) is 66.9 Å². The van der Waals surface area contributed by atoms with Gasteiger partial charge in [0.15, 0.2) is 6.29 Å². The molecule has 2 aromatic rings. The van der Waals surface area contributed by atoms with Crippen molar-refractivity contribution in [3.05, 3.63) is 59.2 Å². The van der Waals surface area contributed by atoms with Crippen molar-refractivity contribution in [2.24, 2.45) is 0 Å². The van der Waals surface area contributed by atoms with E-state index in [1.54, 1.807) is 17.8 Å². The van der Waals surface area contributed by atoms with Crippen molar-refractivity contribution in [1.82, 2.24) is 10.6 Å². The molecule has 5 atom stereocenters. The third-order valence-electron chi connectivity index (χ3n) is 7.40. The second-order valence-electron chi connectivity index (χ2n) is 10.4. The number of amides is 1. The van der Waals surface area contributed by atoms with E-state index >= 15 is 0 Å². The predicted molar refractivity (Wildman–Crippen MR) is 159 cm³/mol. The van der Waals surface area contributed by atoms with Gasteiger partial charge in [-0.1, -0.05) is 56.5 Å². The zero-order chi connectivity index (χ0) is 29.1. The summed E-state index contributed by atoms with van der Waals surface area (Å²) in [5.74, 6) is -0.118. The van der Waals surface area contributed by atoms with E-state index in [2.05, 4.69) is 17.6 Å². The molecular weight excluding hydrogens is 528 g/mol. The second-order valence-corrected chi connectivity index (χ2v) is 11.4. The molecule has 1 aliphatic rings. The van der Waals surface area contributed by atoms with Gasteiger partial charge in [0.05, 0.1) is 25.4 Å². The Morgan fingerprint density at radius 3 is 2.60 bits per heavy atom. The highest BCUT2D eigenvalue weighted by Gasteiger charge is 2.36. The fraction of sp³-hybridized carbons (Fsp3) is 0.548. The van der Waals surface area contributed by atoms with Gasteiger partial charge < -0.3 is 30.3 Å². The molecule has 0 aromatic heterocycles. The highest BCUT2D eigenvalue weighted by Crippen LogP contribution is 2.29. The van der Waals surface area contributed by atoms with E-state index < -0.39 is 30.4 Å². The highest BCUT2D eigenvalue weighted by molar-refractivity contribution is 7.98. The predicted octanol–water partition coefficient (Wildman–Crippen LogP) is 4.19. The minimum atomic E-state index is -1.10. The van der Waals surface area contributed by atoms with E-state index in [4.69, 9.17) is 9.47 Å². The third kappa shape index (κ3) is 8.78. The maximum atomic E-state index is 13.4. The van der Waals surface area contributed by atoms with Gasteiger partial charge in [-0.2, -0.15) is 11.8 Å². The van der Waals surface area contributed by atoms with Crippen LogP contribution in [0.3, 0.4) is 0 Å². The van der Waals surface area contributed by atoms with Gasteiger partial charge in [0.2, 0.25) is 0 Å². The van der Waals surface area contributed by atoms with E-state index in [-0.39, 0.29) is 12.0 Å². The van der Waals surface area contributed by atoms with Crippen LogP contribution in [0.5, 0.6) is 0 Å². The Morgan fingerprint density at radius 1 is 1.15 bits per heavy atom. The minimum absolute atomic E-state index is 0.148. The standard InChI is InChI=1S/C31H44N2O6S/c1-5-6-7-11-22-18-27(34)28(31(37)39-22)32-19-21-13-14-24(25(17-21)23-12-9-8-10-20(23)2)29(35)33-26(15-16-40-4)30(36)38-3/h8-10,12-14,17,22,26-28,31-32,34,37H,5-7,11,15-16,18-19H2,1-4H3,(H,33,35)/t22?,26?,27?,28-,31?/m1/s1. The van der Waals surface area contributed by atoms with Crippen LogP contribution in [0, 0.1) is 6.92 Å². The minimum Gasteiger partial charge on any atom is -0.467 e. The molecule has 220 valence electrons. The molecule has 40 heavy (non-hydrogen) atoms. The van der Waals surface area contributed by atoms with Crippen molar-refractivity contribution in [1.29, 1.82) is 0 Å². The van der Waals surface area contributed by atoms with Crippen LogP contribution < -0.4 is 10.6 Å². The maximum absolute atomic E-state index is 13.4. The maximum Gasteiger partial charge on any atom is 0.328 e. The first-order valence-corrected chi connectivity index (χ1v) is 15.5. The fourth-order valence-corrected chi connectivity index (χ4v) is 5.56. The summed E-state index contributed by atoms with van der Waals surface area (Å²) in [6.45, 7) is 4.49. The number of esters is 1. The molecular formula is C31H44N2O6S. The zero-order valence-corrected chi connectivity index (χ0v) is 24.8. The van der Waals surface area contributed by atoms with Crippen molar-refractivity contribution < 1.29 is 29.3 Å². The molecule has 4 N–H and O–H groups in total. The largest absolute Gasteiger partial charge is 0.467 e. The van der Waals surface area contributed by atoms with Gasteiger partial charge in [0, 0.05) is 18.5 Å². The van der Waals surface area contributed by atoms with Crippen LogP contribution in [0.15, 0.2) is 42.5 Å². The Labute approximate surface area is 242 Å². The van der Waals surface area contributed by atoms with Gasteiger partial charge in [0.1, 0.15) is 6.04 Å². The molecule has 0 saturated carbocycles. The molecule has 3 rings (SSSR count). The number of aliphatic hydroxyl groups is 2. The molecule has 4 unspecified atom stereocenters. The van der Waals surface area contributed by atoms with E-state index in [0.717, 1.165) is 47.9 Å². The van der Waals surface area contributed by atoms with Gasteiger partial charge in [-0.25, -0.2) is 4.79 Å². The number of aliphatic hydroxyl groups excluding tert-OH is 2. The molecule has 1 fully saturated rings. The lowest BCUT2D eigenvalue weighted by Gasteiger charge is -2.38. The summed E-state index contributed by atoms with van der Waals surface area (Å²) < 4.78 is 10.7. The Kier molecular flexibility index (Phi) is 12.9. The number of thioether (sulfide) groups is 1. The monoisotopic (exact) mass is 572 g/mol. The van der Waals surface area contributed by atoms with Gasteiger partial charge in [-0.3, -0.25) is 4.79 Å². The van der Waals surface area contributed by atoms with Crippen molar-refractivity contribution in [3.8, 4) is 11.1 Å². The molecule has 1 heterocycles. The number of carbonyl (C=O) groups is 2. The number of unbranched alkanes of at least 4 members (excludes halogenated alkanes) is 2. The summed E-state index contributed by atoms with van der Waals surface area (Å²) in [7, 11) is 1.32. The number of benzene rings is 2. The van der Waals surface area contributed by atoms with Gasteiger partial charge in [-0.05, 0) is 66.2 Å². The normalized spacial score (nSPS) is 21.6. The Morgan fingerprint density at radius 2 is 1.93 bits per heavy atom. The smallest absolute Gasteiger partial charge is 0.328 e. The Balaban J connectivity index is 1.79. The highest BCUT2D eigenvalue weighted by atomic mass is 32.2. The first-order valence-electron chi connectivity index (χ1n) is 14.1. The molecule has 2 aromatic carbocycles. The average Bonchev–Trinajstić information content (AvgIpc) is 2.94. The number of nitrogens with one attached hydrogen (secondary N) is 2. The number of aryl methyl sites for hydroxylation is 1. The summed E-state index contributed by atoms with van der Waals surface area (Å²) in [5.41, 5.74) is 3.98. The number of ether oxygens (including phenoxy) is 2. The summed E-state index contributed by atoms with van der Waals surface area (Å²) in [4.78, 5) is 25.8. The Hall–Kier alpha value is -2.43. The summed E-state index contributed by atoms with van der Waals surface area (Å²) in [6.07, 6.45) is 4.96. The molecule has 0 radical (unpaired) electrons. The van der Waals surface area contributed by atoms with E-state index in [1.165, 1.54) is 7.11 Å². The number of carbonyl (C=O) groups excluding carboxylic acids is 2. The molecule has 8 nitrogen and oxygen atoms in total. The first kappa shape index (κ1) is 32.1. The lowest BCUT2D eigenvalue weighted by molar-refractivity contribution is -0.208. The molecule has 0 aliphatic carbocycles. The molecule has 1 amide bonds. The van der Waals surface area contributed by atoms with Crippen molar-refractivity contribution in [2.75, 3.05) is 19.1 Å². The van der Waals surface area contributed by atoms with Gasteiger partial charge >= 0.3 is 5.97 Å². The SMILES string of the molecule is CCCCCC1CC(O)[C@@H](NCc2ccc(C(=O)NC(CCSC)C(=O)OC)c(-c3ccccc3C)c2)C(O)O1. The van der Waals surface area contributed by atoms with Crippen molar-refractivity contribution in [3.63, 3.8) is 0 Å². The van der Waals surface area contributed by atoms with Crippen molar-refractivity contribution >= 4 is 23.6 Å². The van der Waals surface area contributed by atoms with Crippen LogP contribution in [0.2, 0.25) is 0 Å². The quantitative estimate of drug-likeness (QED) is 0.197. The van der Waals surface area contributed by atoms with Crippen LogP contribution in [0.25, 0.3) is 11.1 Å². The molecule has 1 saturated heterocycles. The summed E-state index contributed by atoms with van der Waals surface area (Å²) in [5, 5.41) is 27.5. The number of rotatable bonds is 14. The fourth-order valence-electron chi connectivity index (χ4n) is 5.08. The second kappa shape index (κ2) is 16.1.